The molecule has 0 aromatic heterocycles. The highest BCUT2D eigenvalue weighted by molar-refractivity contribution is 9.10. The van der Waals surface area contributed by atoms with Crippen molar-refractivity contribution in [1.29, 1.82) is 0 Å². The van der Waals surface area contributed by atoms with Gasteiger partial charge < -0.3 is 71.9 Å². The molecule has 3 atom stereocenters. The van der Waals surface area contributed by atoms with Gasteiger partial charge in [0.2, 0.25) is 11.8 Å². The highest BCUT2D eigenvalue weighted by atomic mass is 79.9. The number of carbonyl (C=O) groups excluding carboxylic acids is 8. The second-order valence-corrected chi connectivity index (χ2v) is 41.3. The van der Waals surface area contributed by atoms with E-state index in [-0.39, 0.29) is 91.9 Å². The zero-order valence-corrected chi connectivity index (χ0v) is 83.4. The van der Waals surface area contributed by atoms with Crippen LogP contribution in [0.2, 0.25) is 0 Å². The van der Waals surface area contributed by atoms with E-state index in [9.17, 15) is 61.1 Å². The second-order valence-electron chi connectivity index (χ2n) is 40.4. The quantitative estimate of drug-likeness (QED) is 0.0225. The first-order valence-corrected chi connectivity index (χ1v) is 46.8. The Labute approximate surface area is 793 Å². The summed E-state index contributed by atoms with van der Waals surface area (Å²) in [5.41, 5.74) is 11.0. The van der Waals surface area contributed by atoms with Gasteiger partial charge in [-0.1, -0.05) is 131 Å². The summed E-state index contributed by atoms with van der Waals surface area (Å²) in [6, 6.07) is 38.8. The topological polar surface area (TPSA) is 344 Å². The van der Waals surface area contributed by atoms with Crippen LogP contribution in [-0.2, 0) is 28.6 Å². The molecule has 2 saturated carbocycles. The number of ether oxygens (including phenoxy) is 3. The van der Waals surface area contributed by atoms with Crippen LogP contribution in [0.4, 0.5) is 30.2 Å². The molecule has 0 radical (unpaired) electrons. The lowest BCUT2D eigenvalue weighted by Gasteiger charge is -2.42. The molecule has 2 heterocycles. The fraction of sp³-hybridized carbons (Fsp3) is 0.505. The van der Waals surface area contributed by atoms with Gasteiger partial charge in [-0.2, -0.15) is 0 Å². The summed E-state index contributed by atoms with van der Waals surface area (Å²) < 4.78 is 58.8. The van der Waals surface area contributed by atoms with Crippen molar-refractivity contribution < 1.29 is 85.5 Å². The van der Waals surface area contributed by atoms with Crippen molar-refractivity contribution in [2.75, 3.05) is 42.1 Å². The number of carboxylic acids is 2. The van der Waals surface area contributed by atoms with Crippen molar-refractivity contribution in [3.05, 3.63) is 229 Å². The molecule has 0 bridgehead atoms. The number of nitrogens with two attached hydrogens (primary N) is 1. The van der Waals surface area contributed by atoms with E-state index in [1.807, 2.05) is 139 Å². The number of nitrogens with zero attached hydrogens (tertiary/aromatic N) is 2. The summed E-state index contributed by atoms with van der Waals surface area (Å²) in [6.45, 7) is 43.5. The number of carboxylic acid groups (broad SMARTS) is 2. The number of amides is 5. The molecule has 726 valence electrons. The van der Waals surface area contributed by atoms with Gasteiger partial charge in [0.15, 0.2) is 0 Å². The van der Waals surface area contributed by atoms with Crippen LogP contribution in [0.5, 0.6) is 0 Å². The zero-order valence-electron chi connectivity index (χ0n) is 81.8. The smallest absolute Gasteiger partial charge is 0.338 e. The van der Waals surface area contributed by atoms with E-state index < -0.39 is 82.0 Å². The molecule has 10 N–H and O–H groups in total. The molecule has 0 spiro atoms. The Bertz CT molecular complexity index is 5050. The zero-order chi connectivity index (χ0) is 99.5. The Hall–Kier alpha value is -11.1. The van der Waals surface area contributed by atoms with Gasteiger partial charge in [-0.3, -0.25) is 24.0 Å². The van der Waals surface area contributed by atoms with E-state index in [2.05, 4.69) is 75.5 Å². The number of hydrogen-bond donors (Lipinski definition) is 9. The van der Waals surface area contributed by atoms with E-state index in [0.717, 1.165) is 38.2 Å². The minimum atomic E-state index is -1.13. The lowest BCUT2D eigenvalue weighted by atomic mass is 9.83. The van der Waals surface area contributed by atoms with Crippen LogP contribution in [0, 0.1) is 56.0 Å². The molecule has 133 heavy (non-hydrogen) atoms. The molecular formula is C105H143BrF3N9O15. The second kappa shape index (κ2) is 49.2. The van der Waals surface area contributed by atoms with E-state index >= 15 is 0 Å². The number of halogens is 4. The number of aliphatic carboxylic acids is 1. The molecule has 24 nitrogen and oxygen atoms in total. The number of nitrogens with one attached hydrogen (secondary N) is 6. The van der Waals surface area contributed by atoms with Crippen molar-refractivity contribution in [3.63, 3.8) is 0 Å². The summed E-state index contributed by atoms with van der Waals surface area (Å²) in [5.74, 6) is -7.74. The maximum atomic E-state index is 14.2. The molecule has 28 heteroatoms. The van der Waals surface area contributed by atoms with Crippen LogP contribution < -0.4 is 37.6 Å². The maximum absolute atomic E-state index is 14.2. The third-order valence-corrected chi connectivity index (χ3v) is 23.6. The van der Waals surface area contributed by atoms with Gasteiger partial charge in [-0.05, 0) is 313 Å². The maximum Gasteiger partial charge on any atom is 0.338 e. The molecule has 4 fully saturated rings. The third kappa shape index (κ3) is 37.3. The summed E-state index contributed by atoms with van der Waals surface area (Å²) in [4.78, 5) is 125. The summed E-state index contributed by atoms with van der Waals surface area (Å²) in [7, 11) is 0. The predicted molar refractivity (Wildman–Crippen MR) is 522 cm³/mol. The van der Waals surface area contributed by atoms with Gasteiger partial charge in [0.05, 0.1) is 38.9 Å². The molecule has 2 saturated heterocycles. The summed E-state index contributed by atoms with van der Waals surface area (Å²) in [5, 5.41) is 36.5. The number of hydrogen-bond acceptors (Lipinski definition) is 17. The Morgan fingerprint density at radius 1 is 0.376 bits per heavy atom. The number of aromatic carboxylic acids is 1. The van der Waals surface area contributed by atoms with Crippen LogP contribution >= 0.6 is 15.9 Å². The third-order valence-electron chi connectivity index (χ3n) is 23.1. The van der Waals surface area contributed by atoms with E-state index in [1.54, 1.807) is 111 Å². The molecule has 4 aliphatic rings. The molecular weight excluding hydrogens is 1760 g/mol. The van der Waals surface area contributed by atoms with Crippen molar-refractivity contribution >= 4 is 92.4 Å². The largest absolute Gasteiger partial charge is 0.480 e. The van der Waals surface area contributed by atoms with Gasteiger partial charge in [-0.15, -0.1) is 0 Å². The predicted octanol–water partition coefficient (Wildman–Crippen LogP) is 21.2. The monoisotopic (exact) mass is 1910 g/mol. The Kier molecular flexibility index (Phi) is 40.9. The standard InChI is InChI=1S/C30H40FN3O4.C26H32FN3O4.C18H27NO2.C13H16FNO3.C11H13BrO2.C7H15N/c1-19(2)25(32-26(35)23-18-20(3)8-13-24(23)31)27(36)34-16-14-30(7,15-17-34)33-22-11-9-21(10-12-22)28(37)38-29(4,5)6;1-16(2)22(28-23(31)20-15-17(3)5-10-21(20)27)24(32)30-13-11-26(4,12-14-30)29-19-8-6-18(7-9-19)25(33)34;1-17(2,3)21-16(20)14-8-10-15(11-9-14)19-18(4)12-6-5-7-13-18;1-7(2)11(13(17)18)15-12(16)9-6-8(3)4-5-10(9)14;1-11(2,3)14-10(13)8-4-6-9(12)7-5-8;1-7(8)5-3-2-4-6-7/h8-13,18-19,25,33H,14-17H2,1-7H3,(H,32,35);5-10,15-16,22,29H,11-14H2,1-4H3,(H,28,31)(H,33,34);8-11,19H,5-7,12-13H2,1-4H3;4-7,11H,1-3H3,(H,15,16)(H,17,18);4-7H,1-3H3;2-6,8H2,1H3/t25-;22-;;11-;;/m11.1../s1. The van der Waals surface area contributed by atoms with Gasteiger partial charge in [0, 0.05) is 69.9 Å². The minimum absolute atomic E-state index is 0.0587. The molecule has 7 aromatic carbocycles. The van der Waals surface area contributed by atoms with E-state index in [1.165, 1.54) is 101 Å². The van der Waals surface area contributed by atoms with Gasteiger partial charge in [0.1, 0.15) is 52.4 Å². The molecule has 2 aliphatic carbocycles. The van der Waals surface area contributed by atoms with Crippen LogP contribution in [0.25, 0.3) is 0 Å². The number of likely N-dealkylation sites (tertiary alicyclic amines) is 2. The first-order valence-electron chi connectivity index (χ1n) is 46.0. The fourth-order valence-electron chi connectivity index (χ4n) is 15.3. The molecule has 5 amide bonds. The van der Waals surface area contributed by atoms with Crippen molar-refractivity contribution in [3.8, 4) is 0 Å². The van der Waals surface area contributed by atoms with Gasteiger partial charge in [-0.25, -0.2) is 37.1 Å². The van der Waals surface area contributed by atoms with Crippen LogP contribution in [0.15, 0.2) is 156 Å². The molecule has 7 aromatic rings. The molecule has 11 rings (SSSR count). The minimum Gasteiger partial charge on any atom is -0.480 e. The molecule has 0 unspecified atom stereocenters. The van der Waals surface area contributed by atoms with E-state index in [4.69, 9.17) is 30.2 Å². The number of aryl methyl sites for hydroxylation is 3. The van der Waals surface area contributed by atoms with Crippen LogP contribution in [0.1, 0.15) is 311 Å². The Morgan fingerprint density at radius 3 is 0.880 bits per heavy atom. The highest BCUT2D eigenvalue weighted by Crippen LogP contribution is 2.34. The SMILES string of the molecule is CC(C)(C)OC(=O)c1ccc(Br)cc1.CC1(N)CCCCC1.CC1(Nc2ccc(C(=O)OC(C)(C)C)cc2)CCCCC1.Cc1ccc(F)c(C(=O)N[C@@H](C(=O)N2CCC(C)(Nc3ccc(C(=O)O)cc3)CC2)C(C)C)c1.Cc1ccc(F)c(C(=O)N[C@@H](C(=O)N2CCC(C)(Nc3ccc(C(=O)OC(C)(C)C)cc3)CC2)C(C)C)c1.Cc1ccc(F)c(C(=O)N[C@@H](C(=O)O)C(C)C)c1. The highest BCUT2D eigenvalue weighted by Gasteiger charge is 2.39. The van der Waals surface area contributed by atoms with E-state index in [0.29, 0.717) is 68.6 Å². The first kappa shape index (κ1) is 111. The summed E-state index contributed by atoms with van der Waals surface area (Å²) >= 11 is 3.30. The number of benzene rings is 7. The van der Waals surface area contributed by atoms with Crippen LogP contribution in [-0.4, -0.2) is 163 Å². The number of anilines is 3. The Balaban J connectivity index is 0.000000260. The summed E-state index contributed by atoms with van der Waals surface area (Å²) in [6.07, 6.45) is 15.7. The van der Waals surface area contributed by atoms with Crippen molar-refractivity contribution in [1.82, 2.24) is 25.8 Å². The normalized spacial score (nSPS) is 16.1. The van der Waals surface area contributed by atoms with Crippen molar-refractivity contribution in [2.24, 2.45) is 23.5 Å². The number of carbonyl (C=O) groups is 10. The van der Waals surface area contributed by atoms with Crippen LogP contribution in [0.3, 0.4) is 0 Å². The average Bonchev–Trinajstić information content (AvgIpc) is 0.809. The number of esters is 3. The number of rotatable bonds is 22. The average molecular weight is 1910 g/mol. The Morgan fingerprint density at radius 2 is 0.632 bits per heavy atom. The lowest BCUT2D eigenvalue weighted by molar-refractivity contribution is -0.140. The number of piperidine rings is 2. The van der Waals surface area contributed by atoms with Gasteiger partial charge >= 0.3 is 29.8 Å². The van der Waals surface area contributed by atoms with Gasteiger partial charge in [0.25, 0.3) is 17.7 Å². The van der Waals surface area contributed by atoms with Crippen molar-refractivity contribution in [2.45, 2.75) is 299 Å². The fourth-order valence-corrected chi connectivity index (χ4v) is 15.5. The first-order chi connectivity index (χ1) is 61.8. The molecule has 2 aliphatic heterocycles. The lowest BCUT2D eigenvalue weighted by Crippen LogP contribution is -2.56.